The minimum absolute atomic E-state index is 0.0490. The van der Waals surface area contributed by atoms with Gasteiger partial charge in [0.2, 0.25) is 0 Å². The lowest BCUT2D eigenvalue weighted by Crippen LogP contribution is -2.18. The smallest absolute Gasteiger partial charge is 0.276 e. The molecule has 5 nitrogen and oxygen atoms in total. The van der Waals surface area contributed by atoms with Crippen LogP contribution in [0.25, 0.3) is 0 Å². The summed E-state index contributed by atoms with van der Waals surface area (Å²) in [6.07, 6.45) is 0.775. The molecule has 0 atom stereocenters. The molecule has 2 rings (SSSR count). The van der Waals surface area contributed by atoms with Crippen molar-refractivity contribution in [3.8, 4) is 5.75 Å². The molecule has 122 valence electrons. The van der Waals surface area contributed by atoms with E-state index in [1.54, 1.807) is 0 Å². The van der Waals surface area contributed by atoms with Crippen LogP contribution >= 0.6 is 0 Å². The van der Waals surface area contributed by atoms with Crippen LogP contribution in [-0.2, 0) is 10.0 Å². The van der Waals surface area contributed by atoms with Gasteiger partial charge in [0.15, 0.2) is 0 Å². The number of nitrogens with one attached hydrogen (secondary N) is 1. The molecule has 2 aromatic rings. The molecule has 0 aliphatic carbocycles. The zero-order valence-electron chi connectivity index (χ0n) is 12.2. The van der Waals surface area contributed by atoms with E-state index in [1.807, 2.05) is 11.8 Å². The number of sulfonamides is 1. The molecule has 0 spiro atoms. The van der Waals surface area contributed by atoms with Crippen LogP contribution in [-0.4, -0.2) is 21.2 Å². The van der Waals surface area contributed by atoms with E-state index in [9.17, 15) is 17.2 Å². The van der Waals surface area contributed by atoms with Gasteiger partial charge >= 0.3 is 0 Å². The van der Waals surface area contributed by atoms with Gasteiger partial charge in [-0.25, -0.2) is 13.6 Å². The van der Waals surface area contributed by atoms with Crippen molar-refractivity contribution in [2.45, 2.75) is 11.8 Å². The Hall–Kier alpha value is -2.48. The monoisotopic (exact) mass is 340 g/mol. The quantitative estimate of drug-likeness (QED) is 0.649. The van der Waals surface area contributed by atoms with Crippen molar-refractivity contribution >= 4 is 16.2 Å². The first-order valence-corrected chi connectivity index (χ1v) is 8.14. The molecule has 0 aliphatic rings. The van der Waals surface area contributed by atoms with Crippen LogP contribution in [0.3, 0.4) is 0 Å². The Kier molecular flexibility index (Phi) is 5.28. The van der Waals surface area contributed by atoms with Crippen LogP contribution < -0.4 is 9.57 Å². The molecule has 0 amide bonds. The first-order chi connectivity index (χ1) is 10.9. The van der Waals surface area contributed by atoms with Gasteiger partial charge in [0.05, 0.1) is 23.3 Å². The zero-order chi connectivity index (χ0) is 16.9. The second-order valence-electron chi connectivity index (χ2n) is 4.39. The molecule has 0 saturated heterocycles. The Bertz CT molecular complexity index is 786. The van der Waals surface area contributed by atoms with Crippen molar-refractivity contribution in [1.82, 2.24) is 4.83 Å². The molecule has 0 fully saturated rings. The minimum atomic E-state index is -3.94. The molecular weight excluding hydrogens is 326 g/mol. The number of hydrogen-bond acceptors (Lipinski definition) is 4. The van der Waals surface area contributed by atoms with Crippen LogP contribution in [0.4, 0.5) is 8.78 Å². The Morgan fingerprint density at radius 3 is 2.30 bits per heavy atom. The normalized spacial score (nSPS) is 11.6. The van der Waals surface area contributed by atoms with E-state index in [2.05, 4.69) is 5.10 Å². The summed E-state index contributed by atoms with van der Waals surface area (Å²) in [5, 5.41) is 3.40. The lowest BCUT2D eigenvalue weighted by Gasteiger charge is -2.06. The highest BCUT2D eigenvalue weighted by Gasteiger charge is 2.13. The summed E-state index contributed by atoms with van der Waals surface area (Å²) < 4.78 is 56.0. The number of hydrazone groups is 1. The van der Waals surface area contributed by atoms with Crippen molar-refractivity contribution in [3.05, 3.63) is 59.7 Å². The fourth-order valence-corrected chi connectivity index (χ4v) is 2.52. The molecule has 1 N–H and O–H groups in total. The highest BCUT2D eigenvalue weighted by atomic mass is 32.2. The van der Waals surface area contributed by atoms with Crippen LogP contribution in [0, 0.1) is 11.6 Å². The number of halogens is 2. The van der Waals surface area contributed by atoms with E-state index < -0.39 is 27.2 Å². The summed E-state index contributed by atoms with van der Waals surface area (Å²) >= 11 is 0. The number of rotatable bonds is 6. The number of ether oxygens (including phenoxy) is 1. The second-order valence-corrected chi connectivity index (χ2v) is 6.05. The largest absolute Gasteiger partial charge is 0.494 e. The van der Waals surface area contributed by atoms with Gasteiger partial charge < -0.3 is 4.74 Å². The highest BCUT2D eigenvalue weighted by Crippen LogP contribution is 2.16. The molecule has 2 aromatic carbocycles. The summed E-state index contributed by atoms with van der Waals surface area (Å²) in [6, 6.07) is 8.97. The summed E-state index contributed by atoms with van der Waals surface area (Å²) in [6.45, 7) is 2.27. The summed E-state index contributed by atoms with van der Waals surface area (Å²) in [4.78, 5) is 1.85. The molecule has 0 aliphatic heterocycles. The predicted molar refractivity (Wildman–Crippen MR) is 81.9 cm³/mol. The summed E-state index contributed by atoms with van der Waals surface area (Å²) in [5.74, 6) is -1.15. The fourth-order valence-electron chi connectivity index (χ4n) is 1.73. The Balaban J connectivity index is 2.13. The average molecular weight is 340 g/mol. The molecular formula is C15H14F2N2O3S. The third kappa shape index (κ3) is 4.26. The van der Waals surface area contributed by atoms with Crippen molar-refractivity contribution in [1.29, 1.82) is 0 Å². The van der Waals surface area contributed by atoms with E-state index in [-0.39, 0.29) is 4.90 Å². The zero-order valence-corrected chi connectivity index (χ0v) is 13.0. The topological polar surface area (TPSA) is 67.8 Å². The molecule has 0 aromatic heterocycles. The van der Waals surface area contributed by atoms with Gasteiger partial charge in [-0.3, -0.25) is 0 Å². The van der Waals surface area contributed by atoms with Crippen molar-refractivity contribution in [2.75, 3.05) is 6.61 Å². The van der Waals surface area contributed by atoms with E-state index in [4.69, 9.17) is 4.74 Å². The molecule has 23 heavy (non-hydrogen) atoms. The first kappa shape index (κ1) is 16.9. The first-order valence-electron chi connectivity index (χ1n) is 6.66. The number of nitrogens with zero attached hydrogens (tertiary/aromatic N) is 1. The molecule has 0 saturated carbocycles. The predicted octanol–water partition coefficient (Wildman–Crippen LogP) is 2.68. The summed E-state index contributed by atoms with van der Waals surface area (Å²) in [7, 11) is -3.94. The molecule has 0 heterocycles. The minimum Gasteiger partial charge on any atom is -0.494 e. The van der Waals surface area contributed by atoms with Crippen molar-refractivity contribution in [3.63, 3.8) is 0 Å². The SMILES string of the molecule is CCOc1ccc(S(=O)(=O)N/N=C\c2c(F)cccc2F)cc1. The van der Waals surface area contributed by atoms with Crippen molar-refractivity contribution < 1.29 is 21.9 Å². The van der Waals surface area contributed by atoms with Gasteiger partial charge in [0.1, 0.15) is 17.4 Å². The van der Waals surface area contributed by atoms with Crippen LogP contribution in [0.15, 0.2) is 52.5 Å². The van der Waals surface area contributed by atoms with E-state index in [0.29, 0.717) is 12.4 Å². The number of hydrogen-bond donors (Lipinski definition) is 1. The third-order valence-corrected chi connectivity index (χ3v) is 4.05. The maximum Gasteiger partial charge on any atom is 0.276 e. The average Bonchev–Trinajstić information content (AvgIpc) is 2.51. The standard InChI is InChI=1S/C15H14F2N2O3S/c1-2-22-11-6-8-12(9-7-11)23(20,21)19-18-10-13-14(16)4-3-5-15(13)17/h3-10,19H,2H2,1H3/b18-10-. The Morgan fingerprint density at radius 1 is 1.13 bits per heavy atom. The number of benzene rings is 2. The van der Waals surface area contributed by atoms with Gasteiger partial charge in [-0.1, -0.05) is 6.07 Å². The second kappa shape index (κ2) is 7.19. The molecule has 0 unspecified atom stereocenters. The van der Waals surface area contributed by atoms with Gasteiger partial charge in [-0.05, 0) is 43.3 Å². The van der Waals surface area contributed by atoms with Crippen LogP contribution in [0.5, 0.6) is 5.75 Å². The van der Waals surface area contributed by atoms with Gasteiger partial charge in [0, 0.05) is 0 Å². The molecule has 0 radical (unpaired) electrons. The highest BCUT2D eigenvalue weighted by molar-refractivity contribution is 7.89. The van der Waals surface area contributed by atoms with Gasteiger partial charge in [0.25, 0.3) is 10.0 Å². The maximum atomic E-state index is 13.4. The fraction of sp³-hybridized carbons (Fsp3) is 0.133. The lowest BCUT2D eigenvalue weighted by atomic mass is 10.2. The van der Waals surface area contributed by atoms with Crippen LogP contribution in [0.1, 0.15) is 12.5 Å². The van der Waals surface area contributed by atoms with E-state index in [0.717, 1.165) is 18.3 Å². The van der Waals surface area contributed by atoms with Gasteiger partial charge in [-0.15, -0.1) is 0 Å². The van der Waals surface area contributed by atoms with Crippen molar-refractivity contribution in [2.24, 2.45) is 5.10 Å². The van der Waals surface area contributed by atoms with E-state index >= 15 is 0 Å². The molecule has 0 bridgehead atoms. The van der Waals surface area contributed by atoms with E-state index in [1.165, 1.54) is 30.3 Å². The van der Waals surface area contributed by atoms with Crippen LogP contribution in [0.2, 0.25) is 0 Å². The third-order valence-electron chi connectivity index (χ3n) is 2.81. The van der Waals surface area contributed by atoms with Gasteiger partial charge in [-0.2, -0.15) is 13.5 Å². The Labute approximate surface area is 132 Å². The maximum absolute atomic E-state index is 13.4. The summed E-state index contributed by atoms with van der Waals surface area (Å²) in [5.41, 5.74) is -0.429. The lowest BCUT2D eigenvalue weighted by molar-refractivity contribution is 0.340. The Morgan fingerprint density at radius 2 is 1.74 bits per heavy atom. The molecule has 8 heteroatoms.